The number of ether oxygens (including phenoxy) is 1. The molecule has 1 saturated heterocycles. The molecule has 1 aliphatic rings. The summed E-state index contributed by atoms with van der Waals surface area (Å²) >= 11 is 0. The first-order valence-electron chi connectivity index (χ1n) is 9.72. The molecule has 146 valence electrons. The number of rotatable bonds is 6. The highest BCUT2D eigenvalue weighted by molar-refractivity contribution is 5.45. The summed E-state index contributed by atoms with van der Waals surface area (Å²) < 4.78 is 7.35. The number of piperazine rings is 1. The van der Waals surface area contributed by atoms with Crippen molar-refractivity contribution >= 4 is 5.95 Å². The van der Waals surface area contributed by atoms with E-state index in [1.165, 1.54) is 11.1 Å². The van der Waals surface area contributed by atoms with Crippen LogP contribution in [0.4, 0.5) is 5.95 Å². The second kappa shape index (κ2) is 8.39. The second-order valence-electron chi connectivity index (χ2n) is 6.95. The summed E-state index contributed by atoms with van der Waals surface area (Å²) in [5.74, 6) is 1.70. The molecule has 0 spiro atoms. The van der Waals surface area contributed by atoms with Gasteiger partial charge in [0, 0.05) is 57.5 Å². The Hall–Kier alpha value is -2.93. The minimum absolute atomic E-state index is 0.829. The zero-order valence-corrected chi connectivity index (χ0v) is 16.5. The number of aromatic nitrogens is 4. The van der Waals surface area contributed by atoms with E-state index < -0.39 is 0 Å². The third-order valence-electron chi connectivity index (χ3n) is 5.19. The van der Waals surface area contributed by atoms with Crippen molar-refractivity contribution in [2.75, 3.05) is 38.2 Å². The molecule has 0 aliphatic carbocycles. The SMILES string of the molecule is CCc1cnc(N2CCN(Cc3cc(OC)ccc3-n3cccn3)CC2)nc1. The van der Waals surface area contributed by atoms with E-state index in [0.717, 1.165) is 56.5 Å². The van der Waals surface area contributed by atoms with E-state index in [1.807, 2.05) is 35.4 Å². The Labute approximate surface area is 165 Å². The van der Waals surface area contributed by atoms with Crippen LogP contribution in [0.2, 0.25) is 0 Å². The molecule has 1 fully saturated rings. The molecule has 0 unspecified atom stereocenters. The van der Waals surface area contributed by atoms with Crippen molar-refractivity contribution in [2.45, 2.75) is 19.9 Å². The van der Waals surface area contributed by atoms with Gasteiger partial charge in [0.2, 0.25) is 5.95 Å². The number of aryl methyl sites for hydroxylation is 1. The summed E-state index contributed by atoms with van der Waals surface area (Å²) in [6.45, 7) is 6.76. The Kier molecular flexibility index (Phi) is 5.53. The molecule has 3 heterocycles. The molecule has 0 amide bonds. The molecule has 4 rings (SSSR count). The van der Waals surface area contributed by atoms with E-state index >= 15 is 0 Å². The van der Waals surface area contributed by atoms with Gasteiger partial charge in [-0.1, -0.05) is 6.92 Å². The highest BCUT2D eigenvalue weighted by atomic mass is 16.5. The van der Waals surface area contributed by atoms with Crippen LogP contribution in [0.25, 0.3) is 5.69 Å². The van der Waals surface area contributed by atoms with Crippen molar-refractivity contribution in [3.63, 3.8) is 0 Å². The molecule has 28 heavy (non-hydrogen) atoms. The number of hydrogen-bond donors (Lipinski definition) is 0. The first-order chi connectivity index (χ1) is 13.8. The van der Waals surface area contributed by atoms with E-state index in [1.54, 1.807) is 13.3 Å². The largest absolute Gasteiger partial charge is 0.497 e. The van der Waals surface area contributed by atoms with Crippen molar-refractivity contribution in [1.82, 2.24) is 24.6 Å². The van der Waals surface area contributed by atoms with Crippen LogP contribution in [0.5, 0.6) is 5.75 Å². The monoisotopic (exact) mass is 378 g/mol. The van der Waals surface area contributed by atoms with Crippen LogP contribution >= 0.6 is 0 Å². The number of nitrogens with zero attached hydrogens (tertiary/aromatic N) is 6. The maximum absolute atomic E-state index is 5.44. The van der Waals surface area contributed by atoms with Crippen LogP contribution in [0.1, 0.15) is 18.1 Å². The quantitative estimate of drug-likeness (QED) is 0.657. The normalized spacial score (nSPS) is 15.0. The molecule has 7 heteroatoms. The van der Waals surface area contributed by atoms with Gasteiger partial charge in [0.1, 0.15) is 5.75 Å². The van der Waals surface area contributed by atoms with E-state index in [4.69, 9.17) is 4.74 Å². The zero-order chi connectivity index (χ0) is 19.3. The summed E-state index contributed by atoms with van der Waals surface area (Å²) in [6.07, 6.45) is 8.60. The molecule has 1 aromatic carbocycles. The lowest BCUT2D eigenvalue weighted by atomic mass is 10.1. The van der Waals surface area contributed by atoms with E-state index in [9.17, 15) is 0 Å². The van der Waals surface area contributed by atoms with Gasteiger partial charge in [-0.25, -0.2) is 14.6 Å². The summed E-state index contributed by atoms with van der Waals surface area (Å²) in [6, 6.07) is 8.10. The standard InChI is InChI=1S/C21H26N6O/c1-3-17-14-22-21(23-15-17)26-11-9-25(10-12-26)16-18-13-19(28-2)5-6-20(18)27-8-4-7-24-27/h4-8,13-15H,3,9-12,16H2,1-2H3. The third-order valence-corrected chi connectivity index (χ3v) is 5.19. The average molecular weight is 378 g/mol. The van der Waals surface area contributed by atoms with Gasteiger partial charge in [-0.15, -0.1) is 0 Å². The van der Waals surface area contributed by atoms with Crippen LogP contribution in [0.3, 0.4) is 0 Å². The topological polar surface area (TPSA) is 59.3 Å². The highest BCUT2D eigenvalue weighted by Crippen LogP contribution is 2.23. The molecule has 7 nitrogen and oxygen atoms in total. The van der Waals surface area contributed by atoms with Gasteiger partial charge in [-0.3, -0.25) is 4.90 Å². The van der Waals surface area contributed by atoms with Gasteiger partial charge in [0.05, 0.1) is 12.8 Å². The number of anilines is 1. The Morgan fingerprint density at radius 1 is 1.07 bits per heavy atom. The predicted octanol–water partition coefficient (Wildman–Crippen LogP) is 2.56. The molecule has 0 saturated carbocycles. The van der Waals surface area contributed by atoms with Crippen LogP contribution in [-0.2, 0) is 13.0 Å². The first kappa shape index (κ1) is 18.4. The molecule has 0 N–H and O–H groups in total. The summed E-state index contributed by atoms with van der Waals surface area (Å²) in [5, 5.41) is 4.39. The van der Waals surface area contributed by atoms with Gasteiger partial charge in [0.25, 0.3) is 0 Å². The first-order valence-corrected chi connectivity index (χ1v) is 9.72. The molecule has 2 aromatic heterocycles. The minimum atomic E-state index is 0.829. The van der Waals surface area contributed by atoms with Crippen LogP contribution < -0.4 is 9.64 Å². The van der Waals surface area contributed by atoms with E-state index in [2.05, 4.69) is 43.9 Å². The smallest absolute Gasteiger partial charge is 0.225 e. The minimum Gasteiger partial charge on any atom is -0.497 e. The fourth-order valence-electron chi connectivity index (χ4n) is 3.49. The summed E-state index contributed by atoms with van der Waals surface area (Å²) in [5.41, 5.74) is 3.47. The lowest BCUT2D eigenvalue weighted by Crippen LogP contribution is -2.46. The highest BCUT2D eigenvalue weighted by Gasteiger charge is 2.20. The van der Waals surface area contributed by atoms with Crippen LogP contribution in [0, 0.1) is 0 Å². The average Bonchev–Trinajstić information content (AvgIpc) is 3.29. The van der Waals surface area contributed by atoms with Gasteiger partial charge in [0.15, 0.2) is 0 Å². The van der Waals surface area contributed by atoms with Gasteiger partial charge >= 0.3 is 0 Å². The molecular weight excluding hydrogens is 352 g/mol. The zero-order valence-electron chi connectivity index (χ0n) is 16.5. The maximum Gasteiger partial charge on any atom is 0.225 e. The molecule has 0 atom stereocenters. The number of methoxy groups -OCH3 is 1. The molecule has 3 aromatic rings. The Balaban J connectivity index is 1.44. The number of benzene rings is 1. The van der Waals surface area contributed by atoms with Crippen molar-refractivity contribution in [3.05, 3.63) is 60.2 Å². The maximum atomic E-state index is 5.44. The Bertz CT molecular complexity index is 886. The molecule has 0 radical (unpaired) electrons. The van der Waals surface area contributed by atoms with Crippen molar-refractivity contribution in [2.24, 2.45) is 0 Å². The van der Waals surface area contributed by atoms with Crippen LogP contribution in [0.15, 0.2) is 49.1 Å². The molecule has 0 bridgehead atoms. The van der Waals surface area contributed by atoms with E-state index in [0.29, 0.717) is 0 Å². The fourth-order valence-corrected chi connectivity index (χ4v) is 3.49. The van der Waals surface area contributed by atoms with Gasteiger partial charge in [-0.05, 0) is 41.8 Å². The third kappa shape index (κ3) is 3.99. The summed E-state index contributed by atoms with van der Waals surface area (Å²) in [7, 11) is 1.70. The van der Waals surface area contributed by atoms with E-state index in [-0.39, 0.29) is 0 Å². The Morgan fingerprint density at radius 2 is 1.86 bits per heavy atom. The van der Waals surface area contributed by atoms with Crippen molar-refractivity contribution < 1.29 is 4.74 Å². The number of hydrogen-bond acceptors (Lipinski definition) is 6. The van der Waals surface area contributed by atoms with Crippen molar-refractivity contribution in [3.8, 4) is 11.4 Å². The van der Waals surface area contributed by atoms with Gasteiger partial charge < -0.3 is 9.64 Å². The molecule has 1 aliphatic heterocycles. The van der Waals surface area contributed by atoms with Crippen molar-refractivity contribution in [1.29, 1.82) is 0 Å². The second-order valence-corrected chi connectivity index (χ2v) is 6.95. The lowest BCUT2D eigenvalue weighted by Gasteiger charge is -2.35. The Morgan fingerprint density at radius 3 is 2.50 bits per heavy atom. The molecular formula is C21H26N6O. The lowest BCUT2D eigenvalue weighted by molar-refractivity contribution is 0.248. The van der Waals surface area contributed by atoms with Crippen LogP contribution in [-0.4, -0.2) is 57.9 Å². The fraction of sp³-hybridized carbons (Fsp3) is 0.381. The summed E-state index contributed by atoms with van der Waals surface area (Å²) in [4.78, 5) is 13.8. The predicted molar refractivity (Wildman–Crippen MR) is 109 cm³/mol. The van der Waals surface area contributed by atoms with Gasteiger partial charge in [-0.2, -0.15) is 5.10 Å².